The van der Waals surface area contributed by atoms with Crippen molar-refractivity contribution in [2.24, 2.45) is 5.92 Å². The molecular formula is C22H24N2O6. The lowest BCUT2D eigenvalue weighted by atomic mass is 10.0. The summed E-state index contributed by atoms with van der Waals surface area (Å²) < 4.78 is 15.6. The first kappa shape index (κ1) is 21.2. The summed E-state index contributed by atoms with van der Waals surface area (Å²) >= 11 is 0. The molecular weight excluding hydrogens is 388 g/mol. The fourth-order valence-electron chi connectivity index (χ4n) is 2.90. The number of carbonyl (C=O) groups is 3. The molecule has 0 aromatic heterocycles. The number of carbonyl (C=O) groups excluding carboxylic acids is 3. The van der Waals surface area contributed by atoms with E-state index in [4.69, 9.17) is 14.2 Å². The second kappa shape index (κ2) is 9.78. The smallest absolute Gasteiger partial charge is 0.329 e. The molecule has 2 aromatic rings. The van der Waals surface area contributed by atoms with E-state index >= 15 is 0 Å². The van der Waals surface area contributed by atoms with Crippen LogP contribution in [0.3, 0.4) is 0 Å². The van der Waals surface area contributed by atoms with Crippen LogP contribution in [-0.4, -0.2) is 37.2 Å². The highest BCUT2D eigenvalue weighted by molar-refractivity contribution is 5.94. The molecule has 8 nitrogen and oxygen atoms in total. The molecule has 0 aliphatic carbocycles. The monoisotopic (exact) mass is 412 g/mol. The van der Waals surface area contributed by atoms with E-state index in [-0.39, 0.29) is 25.0 Å². The molecule has 158 valence electrons. The number of amides is 2. The Bertz CT molecular complexity index is 913. The number of rotatable bonds is 8. The second-order valence-corrected chi connectivity index (χ2v) is 7.18. The van der Waals surface area contributed by atoms with Crippen molar-refractivity contribution >= 4 is 23.5 Å². The van der Waals surface area contributed by atoms with Crippen molar-refractivity contribution in [2.75, 3.05) is 18.7 Å². The fraction of sp³-hybridized carbons (Fsp3) is 0.318. The molecule has 30 heavy (non-hydrogen) atoms. The highest BCUT2D eigenvalue weighted by Crippen LogP contribution is 2.34. The lowest BCUT2D eigenvalue weighted by molar-refractivity contribution is -0.151. The van der Waals surface area contributed by atoms with Crippen LogP contribution in [0.5, 0.6) is 11.5 Å². The molecule has 1 aliphatic rings. The average molecular weight is 412 g/mol. The van der Waals surface area contributed by atoms with Gasteiger partial charge in [-0.1, -0.05) is 44.2 Å². The number of ether oxygens (including phenoxy) is 3. The quantitative estimate of drug-likeness (QED) is 0.645. The van der Waals surface area contributed by atoms with Gasteiger partial charge in [0.05, 0.1) is 6.42 Å². The predicted molar refractivity (Wildman–Crippen MR) is 109 cm³/mol. The summed E-state index contributed by atoms with van der Waals surface area (Å²) in [5.74, 6) is -0.514. The van der Waals surface area contributed by atoms with Crippen LogP contribution in [0.2, 0.25) is 0 Å². The molecule has 0 unspecified atom stereocenters. The Kier molecular flexibility index (Phi) is 6.90. The summed E-state index contributed by atoms with van der Waals surface area (Å²) in [6, 6.07) is 13.3. The molecule has 0 spiro atoms. The summed E-state index contributed by atoms with van der Waals surface area (Å²) in [4.78, 5) is 36.8. The lowest BCUT2D eigenvalue weighted by Gasteiger charge is -2.20. The minimum absolute atomic E-state index is 0.136. The molecule has 3 rings (SSSR count). The molecule has 0 fully saturated rings. The van der Waals surface area contributed by atoms with Crippen LogP contribution in [0.4, 0.5) is 5.69 Å². The van der Waals surface area contributed by atoms with Crippen LogP contribution < -0.4 is 20.1 Å². The summed E-state index contributed by atoms with van der Waals surface area (Å²) in [7, 11) is 0. The Labute approximate surface area is 174 Å². The van der Waals surface area contributed by atoms with Gasteiger partial charge in [0, 0.05) is 11.8 Å². The Hall–Kier alpha value is -3.55. The van der Waals surface area contributed by atoms with Crippen molar-refractivity contribution < 1.29 is 28.6 Å². The SMILES string of the molecule is CC(C)[C@H](NC(=O)Cc1ccccc1)C(=O)OCC(=O)Nc1ccc2c(c1)OCO2. The molecule has 1 aliphatic heterocycles. The molecule has 2 amide bonds. The van der Waals surface area contributed by atoms with Crippen molar-refractivity contribution in [1.29, 1.82) is 0 Å². The molecule has 1 atom stereocenters. The normalized spacial score (nSPS) is 12.9. The number of nitrogens with one attached hydrogen (secondary N) is 2. The van der Waals surface area contributed by atoms with Gasteiger partial charge >= 0.3 is 5.97 Å². The molecule has 0 saturated heterocycles. The van der Waals surface area contributed by atoms with Crippen LogP contribution in [0.25, 0.3) is 0 Å². The van der Waals surface area contributed by atoms with Gasteiger partial charge in [0.1, 0.15) is 6.04 Å². The maximum Gasteiger partial charge on any atom is 0.329 e. The van der Waals surface area contributed by atoms with Gasteiger partial charge in [0.15, 0.2) is 18.1 Å². The Morgan fingerprint density at radius 2 is 1.73 bits per heavy atom. The van der Waals surface area contributed by atoms with Crippen LogP contribution in [0.1, 0.15) is 19.4 Å². The molecule has 1 heterocycles. The maximum atomic E-state index is 12.4. The third kappa shape index (κ3) is 5.73. The van der Waals surface area contributed by atoms with Crippen molar-refractivity contribution in [3.63, 3.8) is 0 Å². The van der Waals surface area contributed by atoms with Gasteiger partial charge in [-0.2, -0.15) is 0 Å². The van der Waals surface area contributed by atoms with Crippen molar-refractivity contribution in [3.8, 4) is 11.5 Å². The zero-order valence-corrected chi connectivity index (χ0v) is 16.8. The minimum atomic E-state index is -0.848. The van der Waals surface area contributed by atoms with E-state index in [1.54, 1.807) is 32.0 Å². The fourth-order valence-corrected chi connectivity index (χ4v) is 2.90. The summed E-state index contributed by atoms with van der Waals surface area (Å²) in [6.07, 6.45) is 0.155. The molecule has 0 radical (unpaired) electrons. The van der Waals surface area contributed by atoms with E-state index < -0.39 is 24.5 Å². The van der Waals surface area contributed by atoms with E-state index in [0.717, 1.165) is 5.56 Å². The van der Waals surface area contributed by atoms with E-state index in [0.29, 0.717) is 17.2 Å². The van der Waals surface area contributed by atoms with E-state index in [2.05, 4.69) is 10.6 Å². The highest BCUT2D eigenvalue weighted by Gasteiger charge is 2.26. The molecule has 2 aromatic carbocycles. The van der Waals surface area contributed by atoms with Gasteiger partial charge in [-0.3, -0.25) is 9.59 Å². The largest absolute Gasteiger partial charge is 0.454 e. The number of hydrogen-bond acceptors (Lipinski definition) is 6. The van der Waals surface area contributed by atoms with Crippen molar-refractivity contribution in [1.82, 2.24) is 5.32 Å². The van der Waals surface area contributed by atoms with Crippen LogP contribution in [0, 0.1) is 5.92 Å². The van der Waals surface area contributed by atoms with Crippen LogP contribution >= 0.6 is 0 Å². The Morgan fingerprint density at radius 1 is 1.00 bits per heavy atom. The molecule has 2 N–H and O–H groups in total. The third-order valence-corrected chi connectivity index (χ3v) is 4.45. The summed E-state index contributed by atoms with van der Waals surface area (Å²) in [5, 5.41) is 5.32. The molecule has 0 saturated carbocycles. The van der Waals surface area contributed by atoms with Crippen LogP contribution in [0.15, 0.2) is 48.5 Å². The van der Waals surface area contributed by atoms with Crippen LogP contribution in [-0.2, 0) is 25.5 Å². The number of benzene rings is 2. The van der Waals surface area contributed by atoms with Gasteiger partial charge in [-0.05, 0) is 23.6 Å². The summed E-state index contributed by atoms with van der Waals surface area (Å²) in [5.41, 5.74) is 1.34. The first-order valence-corrected chi connectivity index (χ1v) is 9.62. The zero-order valence-electron chi connectivity index (χ0n) is 16.8. The van der Waals surface area contributed by atoms with Crippen molar-refractivity contribution in [2.45, 2.75) is 26.3 Å². The lowest BCUT2D eigenvalue weighted by Crippen LogP contribution is -2.46. The maximum absolute atomic E-state index is 12.4. The van der Waals surface area contributed by atoms with E-state index in [9.17, 15) is 14.4 Å². The van der Waals surface area contributed by atoms with E-state index in [1.165, 1.54) is 0 Å². The number of hydrogen-bond donors (Lipinski definition) is 2. The van der Waals surface area contributed by atoms with Gasteiger partial charge < -0.3 is 24.8 Å². The number of esters is 1. The number of anilines is 1. The van der Waals surface area contributed by atoms with Crippen molar-refractivity contribution in [3.05, 3.63) is 54.1 Å². The minimum Gasteiger partial charge on any atom is -0.454 e. The Balaban J connectivity index is 1.49. The van der Waals surface area contributed by atoms with Gasteiger partial charge in [0.2, 0.25) is 12.7 Å². The molecule has 0 bridgehead atoms. The van der Waals surface area contributed by atoms with E-state index in [1.807, 2.05) is 30.3 Å². The standard InChI is InChI=1S/C22H24N2O6/c1-14(2)21(24-19(25)10-15-6-4-3-5-7-15)22(27)28-12-20(26)23-16-8-9-17-18(11-16)30-13-29-17/h3-9,11,14,21H,10,12-13H2,1-2H3,(H,23,26)(H,24,25)/t21-/m0/s1. The first-order chi connectivity index (χ1) is 14.4. The first-order valence-electron chi connectivity index (χ1n) is 9.62. The zero-order chi connectivity index (χ0) is 21.5. The summed E-state index contributed by atoms with van der Waals surface area (Å²) in [6.45, 7) is 3.25. The second-order valence-electron chi connectivity index (χ2n) is 7.18. The van der Waals surface area contributed by atoms with Gasteiger partial charge in [0.25, 0.3) is 5.91 Å². The Morgan fingerprint density at radius 3 is 2.47 bits per heavy atom. The highest BCUT2D eigenvalue weighted by atomic mass is 16.7. The third-order valence-electron chi connectivity index (χ3n) is 4.45. The molecule has 8 heteroatoms. The van der Waals surface area contributed by atoms with Gasteiger partial charge in [-0.15, -0.1) is 0 Å². The topological polar surface area (TPSA) is 103 Å². The number of fused-ring (bicyclic) bond motifs is 1. The van der Waals surface area contributed by atoms with Gasteiger partial charge in [-0.25, -0.2) is 4.79 Å². The predicted octanol–water partition coefficient (Wildman–Crippen LogP) is 2.28. The average Bonchev–Trinajstić information content (AvgIpc) is 3.18.